The van der Waals surface area contributed by atoms with Gasteiger partial charge in [0.25, 0.3) is 0 Å². The van der Waals surface area contributed by atoms with Gasteiger partial charge in [-0.3, -0.25) is 4.79 Å². The van der Waals surface area contributed by atoms with E-state index in [2.05, 4.69) is 12.1 Å². The van der Waals surface area contributed by atoms with Gasteiger partial charge in [0.15, 0.2) is 11.5 Å². The molecule has 2 heterocycles. The molecule has 0 bridgehead atoms. The molecule has 0 radical (unpaired) electrons. The largest absolute Gasteiger partial charge is 0.454 e. The van der Waals surface area contributed by atoms with Crippen LogP contribution in [0, 0.1) is 0 Å². The fourth-order valence-electron chi connectivity index (χ4n) is 3.62. The van der Waals surface area contributed by atoms with Crippen molar-refractivity contribution in [1.29, 1.82) is 0 Å². The first-order chi connectivity index (χ1) is 12.7. The summed E-state index contributed by atoms with van der Waals surface area (Å²) in [5.74, 6) is 1.87. The van der Waals surface area contributed by atoms with Gasteiger partial charge in [-0.2, -0.15) is 0 Å². The van der Waals surface area contributed by atoms with Gasteiger partial charge in [-0.05, 0) is 42.5 Å². The summed E-state index contributed by atoms with van der Waals surface area (Å²) >= 11 is 5.89. The second kappa shape index (κ2) is 7.66. The van der Waals surface area contributed by atoms with Crippen molar-refractivity contribution >= 4 is 17.4 Å². The van der Waals surface area contributed by atoms with Gasteiger partial charge < -0.3 is 19.3 Å². The summed E-state index contributed by atoms with van der Waals surface area (Å²) in [6.07, 6.45) is 0. The highest BCUT2D eigenvalue weighted by atomic mass is 35.5. The highest BCUT2D eigenvalue weighted by Crippen LogP contribution is 2.32. The van der Waals surface area contributed by atoms with E-state index in [1.165, 1.54) is 10.5 Å². The molecule has 0 aromatic heterocycles. The Balaban J connectivity index is 1.27. The van der Waals surface area contributed by atoms with Crippen LogP contribution in [-0.2, 0) is 6.54 Å². The Morgan fingerprint density at radius 1 is 0.923 bits per heavy atom. The van der Waals surface area contributed by atoms with Crippen LogP contribution in [0.3, 0.4) is 0 Å². The van der Waals surface area contributed by atoms with E-state index >= 15 is 0 Å². The highest BCUT2D eigenvalue weighted by molar-refractivity contribution is 6.30. The van der Waals surface area contributed by atoms with Crippen LogP contribution in [0.15, 0.2) is 42.5 Å². The predicted molar refractivity (Wildman–Crippen MR) is 98.3 cm³/mol. The van der Waals surface area contributed by atoms with E-state index in [-0.39, 0.29) is 5.78 Å². The molecule has 1 fully saturated rings. The van der Waals surface area contributed by atoms with Crippen LogP contribution in [0.4, 0.5) is 0 Å². The summed E-state index contributed by atoms with van der Waals surface area (Å²) in [6.45, 7) is 6.01. The van der Waals surface area contributed by atoms with E-state index < -0.39 is 0 Å². The molecule has 6 heteroatoms. The van der Waals surface area contributed by atoms with E-state index in [1.807, 2.05) is 18.2 Å². The van der Waals surface area contributed by atoms with Crippen LogP contribution in [0.2, 0.25) is 5.02 Å². The van der Waals surface area contributed by atoms with Gasteiger partial charge in [0.05, 0.1) is 0 Å². The normalized spacial score (nSPS) is 21.6. The van der Waals surface area contributed by atoms with E-state index in [0.29, 0.717) is 18.4 Å². The maximum atomic E-state index is 12.4. The van der Waals surface area contributed by atoms with Crippen LogP contribution < -0.4 is 19.3 Å². The van der Waals surface area contributed by atoms with Crippen molar-refractivity contribution in [3.8, 4) is 11.5 Å². The topological polar surface area (TPSA) is 44.4 Å². The van der Waals surface area contributed by atoms with Crippen molar-refractivity contribution in [3.63, 3.8) is 0 Å². The molecule has 2 aromatic rings. The number of benzene rings is 2. The van der Waals surface area contributed by atoms with E-state index in [4.69, 9.17) is 21.1 Å². The summed E-state index contributed by atoms with van der Waals surface area (Å²) in [6, 6.07) is 13.4. The molecule has 0 atom stereocenters. The zero-order valence-corrected chi connectivity index (χ0v) is 15.3. The van der Waals surface area contributed by atoms with Crippen molar-refractivity contribution in [2.24, 2.45) is 0 Å². The zero-order chi connectivity index (χ0) is 17.9. The smallest absolute Gasteiger partial charge is 0.231 e. The second-order valence-electron chi connectivity index (χ2n) is 6.97. The second-order valence-corrected chi connectivity index (χ2v) is 7.41. The number of halogens is 1. The molecule has 2 aliphatic rings. The fraction of sp³-hybridized carbons (Fsp3) is 0.350. The first kappa shape index (κ1) is 17.3. The number of rotatable bonds is 5. The van der Waals surface area contributed by atoms with Gasteiger partial charge in [0.1, 0.15) is 39.3 Å². The quantitative estimate of drug-likeness (QED) is 0.737. The van der Waals surface area contributed by atoms with Gasteiger partial charge in [-0.15, -0.1) is 0 Å². The Morgan fingerprint density at radius 3 is 2.38 bits per heavy atom. The van der Waals surface area contributed by atoms with Crippen molar-refractivity contribution in [3.05, 3.63) is 58.6 Å². The van der Waals surface area contributed by atoms with Crippen molar-refractivity contribution in [1.82, 2.24) is 0 Å². The number of hydrogen-bond acceptors (Lipinski definition) is 3. The zero-order valence-electron chi connectivity index (χ0n) is 14.6. The van der Waals surface area contributed by atoms with E-state index in [9.17, 15) is 4.79 Å². The molecule has 2 aromatic carbocycles. The average Bonchev–Trinajstić information content (AvgIpc) is 3.12. The lowest BCUT2D eigenvalue weighted by molar-refractivity contribution is -1.01. The minimum absolute atomic E-state index is 0.191. The van der Waals surface area contributed by atoms with Crippen LogP contribution in [0.1, 0.15) is 15.9 Å². The van der Waals surface area contributed by atoms with E-state index in [0.717, 1.165) is 49.8 Å². The Morgan fingerprint density at radius 2 is 1.62 bits per heavy atom. The molecular weight excluding hydrogens is 352 g/mol. The SMILES string of the molecule is O=C(C[NH+]1CC[NH+](Cc2ccc3c(c2)OCO3)CC1)c1ccc(Cl)cc1. The predicted octanol–water partition coefficient (Wildman–Crippen LogP) is 0.235. The third-order valence-electron chi connectivity index (χ3n) is 5.13. The highest BCUT2D eigenvalue weighted by Gasteiger charge is 2.25. The van der Waals surface area contributed by atoms with Crippen LogP contribution in [0.25, 0.3) is 0 Å². The van der Waals surface area contributed by atoms with Gasteiger partial charge in [0, 0.05) is 16.1 Å². The molecule has 26 heavy (non-hydrogen) atoms. The van der Waals surface area contributed by atoms with Gasteiger partial charge in [0.2, 0.25) is 12.6 Å². The maximum Gasteiger partial charge on any atom is 0.231 e. The van der Waals surface area contributed by atoms with Crippen molar-refractivity contribution in [2.45, 2.75) is 6.54 Å². The standard InChI is InChI=1S/C20H21ClN2O3/c21-17-4-2-16(3-5-17)18(24)13-23-9-7-22(8-10-23)12-15-1-6-19-20(11-15)26-14-25-19/h1-6,11H,7-10,12-14H2/p+2. The number of ketones is 1. The lowest BCUT2D eigenvalue weighted by Crippen LogP contribution is -3.27. The number of ether oxygens (including phenoxy) is 2. The summed E-state index contributed by atoms with van der Waals surface area (Å²) in [5.41, 5.74) is 2.02. The summed E-state index contributed by atoms with van der Waals surface area (Å²) in [7, 11) is 0. The number of piperazine rings is 1. The Bertz CT molecular complexity index is 786. The molecular formula is C20H23ClN2O3+2. The molecule has 0 aliphatic carbocycles. The molecule has 0 unspecified atom stereocenters. The van der Waals surface area contributed by atoms with Crippen molar-refractivity contribution in [2.75, 3.05) is 39.5 Å². The first-order valence-electron chi connectivity index (χ1n) is 9.02. The van der Waals surface area contributed by atoms with Gasteiger partial charge in [-0.1, -0.05) is 11.6 Å². The lowest BCUT2D eigenvalue weighted by Gasteiger charge is -2.29. The molecule has 5 nitrogen and oxygen atoms in total. The average molecular weight is 375 g/mol. The number of nitrogens with one attached hydrogen (secondary N) is 2. The summed E-state index contributed by atoms with van der Waals surface area (Å²) in [4.78, 5) is 15.3. The maximum absolute atomic E-state index is 12.4. The van der Waals surface area contributed by atoms with E-state index in [1.54, 1.807) is 17.0 Å². The molecule has 1 saturated heterocycles. The molecule has 2 N–H and O–H groups in total. The number of hydrogen-bond donors (Lipinski definition) is 2. The number of fused-ring (bicyclic) bond motifs is 1. The third kappa shape index (κ3) is 4.01. The minimum Gasteiger partial charge on any atom is -0.454 e. The summed E-state index contributed by atoms with van der Waals surface area (Å²) < 4.78 is 10.8. The molecule has 136 valence electrons. The molecule has 0 saturated carbocycles. The number of carbonyl (C=O) groups excluding carboxylic acids is 1. The van der Waals surface area contributed by atoms with Gasteiger partial charge in [-0.25, -0.2) is 0 Å². The first-order valence-corrected chi connectivity index (χ1v) is 9.39. The molecule has 4 rings (SSSR count). The Hall–Kier alpha value is -2.08. The van der Waals surface area contributed by atoms with Gasteiger partial charge >= 0.3 is 0 Å². The number of quaternary nitrogens is 2. The van der Waals surface area contributed by atoms with Crippen LogP contribution >= 0.6 is 11.6 Å². The molecule has 0 amide bonds. The lowest BCUT2D eigenvalue weighted by atomic mass is 10.1. The van der Waals surface area contributed by atoms with Crippen LogP contribution in [0.5, 0.6) is 11.5 Å². The summed E-state index contributed by atoms with van der Waals surface area (Å²) in [5, 5.41) is 0.662. The third-order valence-corrected chi connectivity index (χ3v) is 5.38. The monoisotopic (exact) mass is 374 g/mol. The number of carbonyl (C=O) groups is 1. The minimum atomic E-state index is 0.191. The Kier molecular flexibility index (Phi) is 5.11. The van der Waals surface area contributed by atoms with Crippen molar-refractivity contribution < 1.29 is 24.1 Å². The number of Topliss-reactive ketones (excluding diaryl/α,β-unsaturated/α-hetero) is 1. The fourth-order valence-corrected chi connectivity index (χ4v) is 3.74. The Labute approximate surface area is 158 Å². The molecule has 2 aliphatic heterocycles. The van der Waals surface area contributed by atoms with Crippen LogP contribution in [-0.4, -0.2) is 45.3 Å². The molecule has 0 spiro atoms.